The molecule has 0 saturated heterocycles. The SMILES string of the molecule is C=C(C)CC(COC)C1CCC(/C=C/c2ccc(CCCCCCC)cc2)CC1. The summed E-state index contributed by atoms with van der Waals surface area (Å²) >= 11 is 0. The van der Waals surface area contributed by atoms with Crippen molar-refractivity contribution >= 4 is 6.08 Å². The molecule has 162 valence electrons. The largest absolute Gasteiger partial charge is 0.384 e. The predicted octanol–water partition coefficient (Wildman–Crippen LogP) is 8.25. The number of rotatable bonds is 13. The zero-order valence-electron chi connectivity index (χ0n) is 19.3. The molecular weight excluding hydrogens is 352 g/mol. The molecule has 1 aliphatic rings. The summed E-state index contributed by atoms with van der Waals surface area (Å²) in [5, 5.41) is 0. The van der Waals surface area contributed by atoms with E-state index in [9.17, 15) is 0 Å². The Bertz CT molecular complexity index is 589. The maximum atomic E-state index is 5.49. The van der Waals surface area contributed by atoms with Crippen LogP contribution in [-0.2, 0) is 11.2 Å². The second-order valence-corrected chi connectivity index (χ2v) is 9.32. The van der Waals surface area contributed by atoms with Crippen molar-refractivity contribution in [3.05, 3.63) is 53.6 Å². The number of allylic oxidation sites excluding steroid dienone is 2. The van der Waals surface area contributed by atoms with Gasteiger partial charge in [0.25, 0.3) is 0 Å². The molecule has 0 heterocycles. The monoisotopic (exact) mass is 396 g/mol. The summed E-state index contributed by atoms with van der Waals surface area (Å²) in [7, 11) is 1.83. The Balaban J connectivity index is 1.74. The van der Waals surface area contributed by atoms with Crippen molar-refractivity contribution < 1.29 is 4.74 Å². The van der Waals surface area contributed by atoms with Crippen LogP contribution in [0.3, 0.4) is 0 Å². The highest BCUT2D eigenvalue weighted by molar-refractivity contribution is 5.50. The minimum Gasteiger partial charge on any atom is -0.384 e. The fraction of sp³-hybridized carbons (Fsp3) is 0.643. The van der Waals surface area contributed by atoms with Crippen LogP contribution in [0.2, 0.25) is 0 Å². The summed E-state index contributed by atoms with van der Waals surface area (Å²) in [6.45, 7) is 9.42. The van der Waals surface area contributed by atoms with Crippen LogP contribution in [0.1, 0.15) is 89.2 Å². The standard InChI is InChI=1S/C28H44O/c1-5-6-7-8-9-10-24-11-13-25(14-12-24)15-16-26-17-19-27(20-18-26)28(22-29-4)21-23(2)3/h11-16,26-28H,2,5-10,17-22H2,1,3-4H3/b16-15+. The Labute approximate surface area is 180 Å². The second kappa shape index (κ2) is 13.8. The van der Waals surface area contributed by atoms with E-state index in [2.05, 4.69) is 56.8 Å². The molecule has 1 heteroatoms. The van der Waals surface area contributed by atoms with E-state index in [1.165, 1.54) is 80.9 Å². The first-order valence-electron chi connectivity index (χ1n) is 12.0. The molecule has 0 bridgehead atoms. The zero-order valence-corrected chi connectivity index (χ0v) is 19.3. The highest BCUT2D eigenvalue weighted by Crippen LogP contribution is 2.36. The van der Waals surface area contributed by atoms with Crippen LogP contribution in [0.25, 0.3) is 6.08 Å². The van der Waals surface area contributed by atoms with Crippen LogP contribution >= 0.6 is 0 Å². The van der Waals surface area contributed by atoms with Gasteiger partial charge < -0.3 is 4.74 Å². The summed E-state index contributed by atoms with van der Waals surface area (Å²) < 4.78 is 5.49. The van der Waals surface area contributed by atoms with Crippen LogP contribution in [0.4, 0.5) is 0 Å². The molecular formula is C28H44O. The van der Waals surface area contributed by atoms with Crippen LogP contribution in [0.15, 0.2) is 42.5 Å². The Morgan fingerprint density at radius 3 is 2.38 bits per heavy atom. The van der Waals surface area contributed by atoms with Crippen molar-refractivity contribution in [1.29, 1.82) is 0 Å². The predicted molar refractivity (Wildman–Crippen MR) is 128 cm³/mol. The molecule has 0 radical (unpaired) electrons. The zero-order chi connectivity index (χ0) is 20.9. The van der Waals surface area contributed by atoms with Gasteiger partial charge in [-0.05, 0) is 80.8 Å². The Hall–Kier alpha value is -1.34. The van der Waals surface area contributed by atoms with E-state index in [0.29, 0.717) is 5.92 Å². The van der Waals surface area contributed by atoms with E-state index in [4.69, 9.17) is 4.74 Å². The van der Waals surface area contributed by atoms with Gasteiger partial charge >= 0.3 is 0 Å². The van der Waals surface area contributed by atoms with Crippen LogP contribution < -0.4 is 0 Å². The minimum absolute atomic E-state index is 0.650. The molecule has 1 unspecified atom stereocenters. The third kappa shape index (κ3) is 9.34. The van der Waals surface area contributed by atoms with Crippen LogP contribution in [-0.4, -0.2) is 13.7 Å². The van der Waals surface area contributed by atoms with E-state index in [0.717, 1.165) is 24.9 Å². The Kier molecular flexibility index (Phi) is 11.4. The van der Waals surface area contributed by atoms with Gasteiger partial charge in [0.05, 0.1) is 0 Å². The lowest BCUT2D eigenvalue weighted by Crippen LogP contribution is -2.24. The number of ether oxygens (including phenoxy) is 1. The molecule has 1 aromatic rings. The second-order valence-electron chi connectivity index (χ2n) is 9.32. The van der Waals surface area contributed by atoms with E-state index < -0.39 is 0 Å². The van der Waals surface area contributed by atoms with Crippen molar-refractivity contribution in [1.82, 2.24) is 0 Å². The molecule has 0 N–H and O–H groups in total. The van der Waals surface area contributed by atoms with E-state index in [-0.39, 0.29) is 0 Å². The summed E-state index contributed by atoms with van der Waals surface area (Å²) in [4.78, 5) is 0. The highest BCUT2D eigenvalue weighted by atomic mass is 16.5. The maximum absolute atomic E-state index is 5.49. The molecule has 0 aromatic heterocycles. The smallest absolute Gasteiger partial charge is 0.0496 e. The first-order chi connectivity index (χ1) is 14.1. The number of hydrogen-bond acceptors (Lipinski definition) is 1. The van der Waals surface area contributed by atoms with Gasteiger partial charge in [-0.25, -0.2) is 0 Å². The highest BCUT2D eigenvalue weighted by Gasteiger charge is 2.26. The molecule has 29 heavy (non-hydrogen) atoms. The summed E-state index contributed by atoms with van der Waals surface area (Å²) in [5.41, 5.74) is 4.13. The lowest BCUT2D eigenvalue weighted by atomic mass is 9.74. The molecule has 1 fully saturated rings. The maximum Gasteiger partial charge on any atom is 0.0496 e. The number of benzene rings is 1. The van der Waals surface area contributed by atoms with Gasteiger partial charge in [0.2, 0.25) is 0 Å². The quantitative estimate of drug-likeness (QED) is 0.241. The van der Waals surface area contributed by atoms with Gasteiger partial charge in [-0.15, -0.1) is 6.58 Å². The molecule has 1 nitrogen and oxygen atoms in total. The summed E-state index contributed by atoms with van der Waals surface area (Å²) in [6.07, 6.45) is 19.2. The fourth-order valence-electron chi connectivity index (χ4n) is 4.81. The number of aryl methyl sites for hydroxylation is 1. The van der Waals surface area contributed by atoms with Crippen LogP contribution in [0, 0.1) is 17.8 Å². The van der Waals surface area contributed by atoms with E-state index in [1.54, 1.807) is 0 Å². The van der Waals surface area contributed by atoms with Gasteiger partial charge in [-0.1, -0.05) is 74.6 Å². The molecule has 1 aliphatic carbocycles. The topological polar surface area (TPSA) is 9.23 Å². The molecule has 1 atom stereocenters. The molecule has 1 aromatic carbocycles. The summed E-state index contributed by atoms with van der Waals surface area (Å²) in [6, 6.07) is 9.24. The third-order valence-electron chi connectivity index (χ3n) is 6.58. The number of methoxy groups -OCH3 is 1. The molecule has 2 rings (SSSR count). The number of hydrogen-bond donors (Lipinski definition) is 0. The van der Waals surface area contributed by atoms with Gasteiger partial charge in [0, 0.05) is 13.7 Å². The van der Waals surface area contributed by atoms with Gasteiger partial charge in [-0.2, -0.15) is 0 Å². The molecule has 0 amide bonds. The fourth-order valence-corrected chi connectivity index (χ4v) is 4.81. The van der Waals surface area contributed by atoms with Crippen molar-refractivity contribution in [2.24, 2.45) is 17.8 Å². The normalized spacial score (nSPS) is 20.8. The van der Waals surface area contributed by atoms with Crippen molar-refractivity contribution in [3.8, 4) is 0 Å². The first kappa shape index (κ1) is 23.9. The lowest BCUT2D eigenvalue weighted by molar-refractivity contribution is 0.0992. The van der Waals surface area contributed by atoms with Crippen molar-refractivity contribution in [3.63, 3.8) is 0 Å². The van der Waals surface area contributed by atoms with Gasteiger partial charge in [-0.3, -0.25) is 0 Å². The first-order valence-corrected chi connectivity index (χ1v) is 12.0. The van der Waals surface area contributed by atoms with Crippen molar-refractivity contribution in [2.75, 3.05) is 13.7 Å². The Morgan fingerprint density at radius 2 is 1.76 bits per heavy atom. The van der Waals surface area contributed by atoms with Gasteiger partial charge in [0.1, 0.15) is 0 Å². The molecule has 0 aliphatic heterocycles. The van der Waals surface area contributed by atoms with Crippen LogP contribution in [0.5, 0.6) is 0 Å². The Morgan fingerprint density at radius 1 is 1.07 bits per heavy atom. The van der Waals surface area contributed by atoms with Crippen molar-refractivity contribution in [2.45, 2.75) is 84.5 Å². The summed E-state index contributed by atoms with van der Waals surface area (Å²) in [5.74, 6) is 2.18. The lowest BCUT2D eigenvalue weighted by Gasteiger charge is -2.33. The molecule has 0 spiro atoms. The average Bonchev–Trinajstić information content (AvgIpc) is 2.73. The van der Waals surface area contributed by atoms with E-state index in [1.807, 2.05) is 7.11 Å². The minimum atomic E-state index is 0.650. The third-order valence-corrected chi connectivity index (χ3v) is 6.58. The van der Waals surface area contributed by atoms with Gasteiger partial charge in [0.15, 0.2) is 0 Å². The van der Waals surface area contributed by atoms with E-state index >= 15 is 0 Å². The molecule has 1 saturated carbocycles. The number of unbranched alkanes of at least 4 members (excludes halogenated alkanes) is 4. The average molecular weight is 397 g/mol.